The van der Waals surface area contributed by atoms with Crippen molar-refractivity contribution < 1.29 is 23.1 Å². The number of anilines is 2. The first-order valence-electron chi connectivity index (χ1n) is 11.6. The van der Waals surface area contributed by atoms with Crippen molar-refractivity contribution in [3.8, 4) is 11.5 Å². The Morgan fingerprint density at radius 3 is 2.29 bits per heavy atom. The average molecular weight is 514 g/mol. The second kappa shape index (κ2) is 9.81. The van der Waals surface area contributed by atoms with Crippen molar-refractivity contribution in [1.82, 2.24) is 9.97 Å². The molecule has 2 amide bonds. The third kappa shape index (κ3) is 4.83. The molecule has 0 atom stereocenters. The van der Waals surface area contributed by atoms with Gasteiger partial charge in [0.05, 0.1) is 22.3 Å². The molecular formula is C28H21F2N5O3. The number of fused-ring (bicyclic) bond motifs is 1. The van der Waals surface area contributed by atoms with Gasteiger partial charge in [-0.1, -0.05) is 6.58 Å². The van der Waals surface area contributed by atoms with Crippen LogP contribution in [0.5, 0.6) is 11.5 Å². The van der Waals surface area contributed by atoms with Crippen molar-refractivity contribution in [1.29, 1.82) is 5.41 Å². The van der Waals surface area contributed by atoms with Crippen molar-refractivity contribution in [3.05, 3.63) is 97.0 Å². The van der Waals surface area contributed by atoms with Crippen LogP contribution in [0, 0.1) is 22.5 Å². The highest BCUT2D eigenvalue weighted by Gasteiger charge is 2.56. The molecule has 10 heteroatoms. The Kier molecular flexibility index (Phi) is 6.38. The lowest BCUT2D eigenvalue weighted by molar-refractivity contribution is -0.131. The summed E-state index contributed by atoms with van der Waals surface area (Å²) >= 11 is 0. The van der Waals surface area contributed by atoms with Crippen LogP contribution in [0.1, 0.15) is 18.5 Å². The van der Waals surface area contributed by atoms with Crippen molar-refractivity contribution in [2.24, 2.45) is 5.41 Å². The molecule has 8 nitrogen and oxygen atoms in total. The van der Waals surface area contributed by atoms with E-state index in [1.807, 2.05) is 0 Å². The van der Waals surface area contributed by atoms with Crippen LogP contribution in [0.2, 0.25) is 0 Å². The molecule has 0 unspecified atom stereocenters. The van der Waals surface area contributed by atoms with Crippen LogP contribution in [0.4, 0.5) is 20.2 Å². The van der Waals surface area contributed by atoms with Gasteiger partial charge in [0.15, 0.2) is 11.6 Å². The fourth-order valence-corrected chi connectivity index (χ4v) is 3.85. The molecule has 38 heavy (non-hydrogen) atoms. The minimum absolute atomic E-state index is 0.0893. The lowest BCUT2D eigenvalue weighted by atomic mass is 10.0. The van der Waals surface area contributed by atoms with Crippen molar-refractivity contribution in [2.75, 3.05) is 10.6 Å². The number of ether oxygens (including phenoxy) is 1. The molecule has 1 aliphatic rings. The Labute approximate surface area is 215 Å². The summed E-state index contributed by atoms with van der Waals surface area (Å²) in [6.07, 6.45) is 5.04. The van der Waals surface area contributed by atoms with E-state index < -0.39 is 28.9 Å². The molecule has 0 aliphatic heterocycles. The summed E-state index contributed by atoms with van der Waals surface area (Å²) in [5.74, 6) is -2.02. The molecule has 0 bridgehead atoms. The SMILES string of the molecule is C=CC(=N)c1cc2nccc(Oc3ccc(NC(=O)C4(C(=O)Nc5ccc(F)cc5)CC4)cc3F)c2cn1. The number of amides is 2. The van der Waals surface area contributed by atoms with Gasteiger partial charge in [-0.3, -0.25) is 25.0 Å². The van der Waals surface area contributed by atoms with Gasteiger partial charge in [0, 0.05) is 29.8 Å². The molecule has 190 valence electrons. The zero-order chi connectivity index (χ0) is 26.9. The van der Waals surface area contributed by atoms with Gasteiger partial charge in [-0.15, -0.1) is 0 Å². The number of pyridine rings is 2. The number of nitrogens with zero attached hydrogens (tertiary/aromatic N) is 2. The zero-order valence-electron chi connectivity index (χ0n) is 19.9. The van der Waals surface area contributed by atoms with Crippen LogP contribution >= 0.6 is 0 Å². The summed E-state index contributed by atoms with van der Waals surface area (Å²) in [4.78, 5) is 34.1. The summed E-state index contributed by atoms with van der Waals surface area (Å²) in [5, 5.41) is 13.6. The van der Waals surface area contributed by atoms with E-state index in [-0.39, 0.29) is 17.1 Å². The Balaban J connectivity index is 1.29. The Bertz CT molecular complexity index is 1600. The molecule has 1 aliphatic carbocycles. The minimum Gasteiger partial charge on any atom is -0.453 e. The number of rotatable bonds is 8. The van der Waals surface area contributed by atoms with Gasteiger partial charge < -0.3 is 15.4 Å². The largest absolute Gasteiger partial charge is 0.453 e. The van der Waals surface area contributed by atoms with Crippen LogP contribution in [-0.4, -0.2) is 27.5 Å². The minimum atomic E-state index is -1.27. The highest BCUT2D eigenvalue weighted by atomic mass is 19.1. The number of aromatic nitrogens is 2. The van der Waals surface area contributed by atoms with E-state index in [0.717, 1.165) is 6.07 Å². The second-order valence-corrected chi connectivity index (χ2v) is 8.76. The summed E-state index contributed by atoms with van der Waals surface area (Å²) in [7, 11) is 0. The fraction of sp³-hybridized carbons (Fsp3) is 0.107. The third-order valence-corrected chi connectivity index (χ3v) is 6.20. The highest BCUT2D eigenvalue weighted by Crippen LogP contribution is 2.47. The van der Waals surface area contributed by atoms with Gasteiger partial charge in [-0.2, -0.15) is 0 Å². The van der Waals surface area contributed by atoms with Crippen molar-refractivity contribution >= 4 is 39.8 Å². The van der Waals surface area contributed by atoms with E-state index in [1.54, 1.807) is 12.1 Å². The topological polar surface area (TPSA) is 117 Å². The van der Waals surface area contributed by atoms with Crippen molar-refractivity contribution in [2.45, 2.75) is 12.8 Å². The summed E-state index contributed by atoms with van der Waals surface area (Å²) < 4.78 is 33.8. The molecule has 3 N–H and O–H groups in total. The van der Waals surface area contributed by atoms with Gasteiger partial charge in [0.25, 0.3) is 0 Å². The van der Waals surface area contributed by atoms with Crippen LogP contribution in [0.25, 0.3) is 10.9 Å². The molecule has 2 aromatic carbocycles. The molecule has 2 heterocycles. The maximum atomic E-state index is 14.9. The van der Waals surface area contributed by atoms with E-state index >= 15 is 0 Å². The lowest BCUT2D eigenvalue weighted by Crippen LogP contribution is -2.35. The van der Waals surface area contributed by atoms with Gasteiger partial charge in [0.1, 0.15) is 17.0 Å². The van der Waals surface area contributed by atoms with E-state index in [4.69, 9.17) is 10.1 Å². The Hall–Kier alpha value is -4.99. The van der Waals surface area contributed by atoms with E-state index in [9.17, 15) is 18.4 Å². The Morgan fingerprint density at radius 2 is 1.63 bits per heavy atom. The number of halogens is 2. The average Bonchev–Trinajstić information content (AvgIpc) is 3.73. The predicted molar refractivity (Wildman–Crippen MR) is 138 cm³/mol. The van der Waals surface area contributed by atoms with E-state index in [2.05, 4.69) is 27.2 Å². The number of allylic oxidation sites excluding steroid dienone is 1. The zero-order valence-corrected chi connectivity index (χ0v) is 19.9. The lowest BCUT2D eigenvalue weighted by Gasteiger charge is -2.16. The summed E-state index contributed by atoms with van der Waals surface area (Å²) in [5.41, 5.74) is 0.306. The highest BCUT2D eigenvalue weighted by molar-refractivity contribution is 6.17. The van der Waals surface area contributed by atoms with Gasteiger partial charge in [-0.05, 0) is 67.4 Å². The number of nitrogens with one attached hydrogen (secondary N) is 3. The molecule has 4 aromatic rings. The predicted octanol–water partition coefficient (Wildman–Crippen LogP) is 5.61. The van der Waals surface area contributed by atoms with E-state index in [1.165, 1.54) is 54.9 Å². The van der Waals surface area contributed by atoms with Crippen LogP contribution in [0.15, 0.2) is 79.6 Å². The number of hydrogen-bond donors (Lipinski definition) is 3. The third-order valence-electron chi connectivity index (χ3n) is 6.20. The standard InChI is InChI=1S/C28H21F2N5O3/c1-2-21(31)23-14-22-19(15-33-23)24(9-12-32-22)38-25-8-7-18(13-20(25)30)35-27(37)28(10-11-28)26(36)34-17-5-3-16(29)4-6-17/h2-9,12-15,31H,1,10-11H2,(H,34,36)(H,35,37). The number of carbonyl (C=O) groups excluding carboxylic acids is 2. The van der Waals surface area contributed by atoms with Crippen LogP contribution < -0.4 is 15.4 Å². The number of hydrogen-bond acceptors (Lipinski definition) is 6. The molecule has 2 aromatic heterocycles. The van der Waals surface area contributed by atoms with Crippen LogP contribution in [-0.2, 0) is 9.59 Å². The number of carbonyl (C=O) groups is 2. The molecule has 0 spiro atoms. The molecule has 5 rings (SSSR count). The summed E-state index contributed by atoms with van der Waals surface area (Å²) in [6, 6.07) is 12.3. The second-order valence-electron chi connectivity index (χ2n) is 8.76. The first kappa shape index (κ1) is 24.7. The first-order chi connectivity index (χ1) is 18.3. The normalized spacial score (nSPS) is 13.4. The smallest absolute Gasteiger partial charge is 0.240 e. The van der Waals surface area contributed by atoms with Gasteiger partial charge in [0.2, 0.25) is 11.8 Å². The maximum Gasteiger partial charge on any atom is 0.240 e. The maximum absolute atomic E-state index is 14.9. The van der Waals surface area contributed by atoms with Crippen LogP contribution in [0.3, 0.4) is 0 Å². The molecule has 0 saturated heterocycles. The number of benzene rings is 2. The Morgan fingerprint density at radius 1 is 0.947 bits per heavy atom. The monoisotopic (exact) mass is 513 g/mol. The first-order valence-corrected chi connectivity index (χ1v) is 11.6. The van der Waals surface area contributed by atoms with Gasteiger partial charge in [-0.25, -0.2) is 8.78 Å². The van der Waals surface area contributed by atoms with Gasteiger partial charge >= 0.3 is 0 Å². The molecule has 1 saturated carbocycles. The molecule has 1 fully saturated rings. The summed E-state index contributed by atoms with van der Waals surface area (Å²) in [6.45, 7) is 3.56. The molecule has 0 radical (unpaired) electrons. The molecular weight excluding hydrogens is 492 g/mol. The van der Waals surface area contributed by atoms with E-state index in [0.29, 0.717) is 40.9 Å². The van der Waals surface area contributed by atoms with Crippen molar-refractivity contribution in [3.63, 3.8) is 0 Å². The quantitative estimate of drug-likeness (QED) is 0.209. The fourth-order valence-electron chi connectivity index (χ4n) is 3.85.